The van der Waals surface area contributed by atoms with Crippen LogP contribution in [0.15, 0.2) is 9.42 Å². The fraction of sp³-hybridized carbons (Fsp3) is 0.562. The Bertz CT molecular complexity index is 830. The lowest BCUT2D eigenvalue weighted by atomic mass is 10.0. The van der Waals surface area contributed by atoms with Crippen molar-refractivity contribution in [2.45, 2.75) is 65.3 Å². The first-order valence-electron chi connectivity index (χ1n) is 7.57. The van der Waals surface area contributed by atoms with Gasteiger partial charge in [0.2, 0.25) is 10.0 Å². The van der Waals surface area contributed by atoms with Crippen LogP contribution in [0.4, 0.5) is 0 Å². The highest BCUT2D eigenvalue weighted by Gasteiger charge is 2.32. The predicted octanol–water partition coefficient (Wildman–Crippen LogP) is 4.10. The Hall–Kier alpha value is -1.18. The second-order valence-corrected chi connectivity index (χ2v) is 9.53. The van der Waals surface area contributed by atoms with Crippen LogP contribution in [0.2, 0.25) is 0 Å². The largest absolute Gasteiger partial charge is 0.356 e. The number of nitrogens with one attached hydrogen (secondary N) is 1. The van der Waals surface area contributed by atoms with Gasteiger partial charge in [0.1, 0.15) is 4.90 Å². The molecule has 0 aromatic carbocycles. The first-order chi connectivity index (χ1) is 10.5. The highest BCUT2D eigenvalue weighted by molar-refractivity contribution is 7.90. The van der Waals surface area contributed by atoms with Crippen LogP contribution in [0.1, 0.15) is 48.2 Å². The zero-order valence-corrected chi connectivity index (χ0v) is 16.3. The average Bonchev–Trinajstić information content (AvgIpc) is 2.89. The van der Waals surface area contributed by atoms with Gasteiger partial charge in [-0.3, -0.25) is 0 Å². The van der Waals surface area contributed by atoms with E-state index in [4.69, 9.17) is 4.52 Å². The quantitative estimate of drug-likeness (QED) is 0.875. The van der Waals surface area contributed by atoms with Crippen molar-refractivity contribution in [3.05, 3.63) is 21.0 Å². The van der Waals surface area contributed by atoms with E-state index in [0.717, 1.165) is 21.0 Å². The summed E-state index contributed by atoms with van der Waals surface area (Å²) >= 11 is 1.46. The van der Waals surface area contributed by atoms with Gasteiger partial charge in [-0.2, -0.15) is 0 Å². The molecule has 128 valence electrons. The fourth-order valence-corrected chi connectivity index (χ4v) is 5.72. The van der Waals surface area contributed by atoms with E-state index in [1.165, 1.54) is 11.3 Å². The number of hydrogen-bond donors (Lipinski definition) is 1. The van der Waals surface area contributed by atoms with Gasteiger partial charge < -0.3 is 4.52 Å². The van der Waals surface area contributed by atoms with Gasteiger partial charge in [-0.25, -0.2) is 13.1 Å². The van der Waals surface area contributed by atoms with Crippen LogP contribution in [0, 0.1) is 27.7 Å². The molecule has 0 saturated heterocycles. The predicted molar refractivity (Wildman–Crippen MR) is 93.5 cm³/mol. The second kappa shape index (κ2) is 6.03. The van der Waals surface area contributed by atoms with E-state index in [-0.39, 0.29) is 0 Å². The highest BCUT2D eigenvalue weighted by Crippen LogP contribution is 2.41. The van der Waals surface area contributed by atoms with Gasteiger partial charge in [0, 0.05) is 20.9 Å². The zero-order valence-electron chi connectivity index (χ0n) is 14.7. The Kier molecular flexibility index (Phi) is 4.76. The van der Waals surface area contributed by atoms with Crippen LogP contribution in [-0.2, 0) is 10.0 Å². The fourth-order valence-electron chi connectivity index (χ4n) is 2.38. The molecule has 0 atom stereocenters. The van der Waals surface area contributed by atoms with E-state index >= 15 is 0 Å². The summed E-state index contributed by atoms with van der Waals surface area (Å²) in [6.07, 6.45) is 0.699. The molecule has 0 aliphatic heterocycles. The molecule has 2 rings (SSSR count). The second-order valence-electron chi connectivity index (χ2n) is 6.48. The van der Waals surface area contributed by atoms with Gasteiger partial charge in [-0.05, 0) is 48.0 Å². The minimum Gasteiger partial charge on any atom is -0.356 e. The molecular formula is C16H24N2O3S2. The van der Waals surface area contributed by atoms with E-state index in [9.17, 15) is 8.42 Å². The molecule has 2 heterocycles. The van der Waals surface area contributed by atoms with Gasteiger partial charge in [-0.15, -0.1) is 11.3 Å². The molecule has 0 aliphatic carbocycles. The van der Waals surface area contributed by atoms with Crippen LogP contribution in [0.25, 0.3) is 11.3 Å². The molecule has 2 aromatic heterocycles. The number of aromatic nitrogens is 1. The van der Waals surface area contributed by atoms with Crippen LogP contribution < -0.4 is 4.72 Å². The maximum atomic E-state index is 13.0. The van der Waals surface area contributed by atoms with Gasteiger partial charge in [0.25, 0.3) is 0 Å². The summed E-state index contributed by atoms with van der Waals surface area (Å²) < 4.78 is 34.2. The van der Waals surface area contributed by atoms with Crippen molar-refractivity contribution in [2.24, 2.45) is 0 Å². The Labute approximate surface area is 142 Å². The Morgan fingerprint density at radius 2 is 1.78 bits per heavy atom. The maximum absolute atomic E-state index is 13.0. The summed E-state index contributed by atoms with van der Waals surface area (Å²) in [5.74, 6) is 0.541. The lowest BCUT2D eigenvalue weighted by Gasteiger charge is -2.24. The zero-order chi connectivity index (χ0) is 17.6. The van der Waals surface area contributed by atoms with Crippen molar-refractivity contribution in [3.8, 4) is 11.3 Å². The topological polar surface area (TPSA) is 72.2 Å². The van der Waals surface area contributed by atoms with Crippen molar-refractivity contribution < 1.29 is 12.9 Å². The van der Waals surface area contributed by atoms with Crippen molar-refractivity contribution in [1.82, 2.24) is 9.88 Å². The van der Waals surface area contributed by atoms with Crippen LogP contribution >= 0.6 is 11.3 Å². The van der Waals surface area contributed by atoms with E-state index in [1.807, 2.05) is 48.5 Å². The standard InChI is InChI=1S/C16H24N2O3S2/c1-8-16(6,7)18-23(19,20)15-12(5)22-11(4)13(15)14-9(2)10(3)17-21-14/h18H,8H2,1-7H3. The number of nitrogens with zero attached hydrogens (tertiary/aromatic N) is 1. The third-order valence-corrected chi connectivity index (χ3v) is 7.17. The number of aryl methyl sites for hydroxylation is 3. The summed E-state index contributed by atoms with van der Waals surface area (Å²) in [4.78, 5) is 1.97. The summed E-state index contributed by atoms with van der Waals surface area (Å²) in [5, 5.41) is 3.97. The van der Waals surface area contributed by atoms with Crippen molar-refractivity contribution in [3.63, 3.8) is 0 Å². The number of thiophene rings is 1. The molecule has 0 radical (unpaired) electrons. The molecule has 0 aliphatic rings. The van der Waals surface area contributed by atoms with E-state index in [2.05, 4.69) is 9.88 Å². The molecule has 23 heavy (non-hydrogen) atoms. The first kappa shape index (κ1) is 18.2. The third-order valence-electron chi connectivity index (χ3n) is 4.15. The molecule has 0 unspecified atom stereocenters. The smallest absolute Gasteiger partial charge is 0.242 e. The van der Waals surface area contributed by atoms with Crippen molar-refractivity contribution >= 4 is 21.4 Å². The molecule has 0 fully saturated rings. The molecule has 2 aromatic rings. The summed E-state index contributed by atoms with van der Waals surface area (Å²) in [6, 6.07) is 0. The summed E-state index contributed by atoms with van der Waals surface area (Å²) in [6.45, 7) is 13.2. The molecule has 0 bridgehead atoms. The molecule has 0 spiro atoms. The molecular weight excluding hydrogens is 332 g/mol. The first-order valence-corrected chi connectivity index (χ1v) is 9.87. The number of sulfonamides is 1. The van der Waals surface area contributed by atoms with Gasteiger partial charge in [-0.1, -0.05) is 12.1 Å². The summed E-state index contributed by atoms with van der Waals surface area (Å²) in [7, 11) is -3.65. The minimum absolute atomic E-state index is 0.306. The maximum Gasteiger partial charge on any atom is 0.242 e. The minimum atomic E-state index is -3.65. The molecule has 0 saturated carbocycles. The monoisotopic (exact) mass is 356 g/mol. The van der Waals surface area contributed by atoms with Crippen molar-refractivity contribution in [1.29, 1.82) is 0 Å². The molecule has 0 amide bonds. The third kappa shape index (κ3) is 3.36. The van der Waals surface area contributed by atoms with Crippen LogP contribution in [0.5, 0.6) is 0 Å². The van der Waals surface area contributed by atoms with Gasteiger partial charge in [0.15, 0.2) is 5.76 Å². The molecule has 1 N–H and O–H groups in total. The van der Waals surface area contributed by atoms with Crippen LogP contribution in [-0.4, -0.2) is 19.1 Å². The average molecular weight is 357 g/mol. The van der Waals surface area contributed by atoms with Crippen molar-refractivity contribution in [2.75, 3.05) is 0 Å². The Morgan fingerprint density at radius 1 is 1.17 bits per heavy atom. The Morgan fingerprint density at radius 3 is 2.26 bits per heavy atom. The van der Waals surface area contributed by atoms with E-state index in [1.54, 1.807) is 0 Å². The highest BCUT2D eigenvalue weighted by atomic mass is 32.2. The number of hydrogen-bond acceptors (Lipinski definition) is 5. The Balaban J connectivity index is 2.67. The SMILES string of the molecule is CCC(C)(C)NS(=O)(=O)c1c(C)sc(C)c1-c1onc(C)c1C. The molecule has 7 heteroatoms. The van der Waals surface area contributed by atoms with E-state index < -0.39 is 15.6 Å². The van der Waals surface area contributed by atoms with Gasteiger partial charge in [0.05, 0.1) is 11.3 Å². The van der Waals surface area contributed by atoms with Gasteiger partial charge >= 0.3 is 0 Å². The molecule has 5 nitrogen and oxygen atoms in total. The van der Waals surface area contributed by atoms with E-state index in [0.29, 0.717) is 22.6 Å². The van der Waals surface area contributed by atoms with Crippen LogP contribution in [0.3, 0.4) is 0 Å². The normalized spacial score (nSPS) is 12.8. The lowest BCUT2D eigenvalue weighted by molar-refractivity contribution is 0.425. The lowest BCUT2D eigenvalue weighted by Crippen LogP contribution is -2.42. The number of rotatable bonds is 5. The summed E-state index contributed by atoms with van der Waals surface area (Å²) in [5.41, 5.74) is 1.76.